The first-order valence-electron chi connectivity index (χ1n) is 22.7. The zero-order valence-corrected chi connectivity index (χ0v) is 36.4. The van der Waals surface area contributed by atoms with Gasteiger partial charge in [-0.05, 0) is 97.9 Å². The second-order valence-corrected chi connectivity index (χ2v) is 19.0. The molecule has 0 unspecified atom stereocenters. The molecule has 5 heteroatoms. The van der Waals surface area contributed by atoms with Gasteiger partial charge in [-0.1, -0.05) is 187 Å². The van der Waals surface area contributed by atoms with Gasteiger partial charge in [0.1, 0.15) is 22.3 Å². The maximum atomic E-state index is 6.75. The van der Waals surface area contributed by atoms with Crippen molar-refractivity contribution in [3.8, 4) is 22.3 Å². The topological polar surface area (TPSA) is 29.5 Å². The van der Waals surface area contributed by atoms with Gasteiger partial charge in [0.2, 0.25) is 6.71 Å². The SMILES string of the molecule is c1ccc(-c2ccc(N3c4cc5oc6ccccc6c5cc4B4c5cc6c(cc5Sc5cc(C7(c8ccccc8)c8ccccc8-c8ccccc87)cc3c54)oc3ccccc36)cc2)cc1. The summed E-state index contributed by atoms with van der Waals surface area (Å²) in [5.74, 6) is 0. The molecule has 2 aliphatic heterocycles. The zero-order valence-electron chi connectivity index (χ0n) is 35.5. The van der Waals surface area contributed by atoms with E-state index in [2.05, 4.69) is 223 Å². The number of rotatable bonds is 4. The average molecular weight is 858 g/mol. The molecule has 306 valence electrons. The second kappa shape index (κ2) is 13.5. The van der Waals surface area contributed by atoms with Crippen LogP contribution in [0.3, 0.4) is 0 Å². The van der Waals surface area contributed by atoms with Gasteiger partial charge < -0.3 is 13.7 Å². The Morgan fingerprint density at radius 2 is 0.955 bits per heavy atom. The van der Waals surface area contributed by atoms with Crippen LogP contribution in [-0.4, -0.2) is 6.71 Å². The maximum absolute atomic E-state index is 6.75. The highest BCUT2D eigenvalue weighted by Gasteiger charge is 2.49. The lowest BCUT2D eigenvalue weighted by molar-refractivity contribution is 0.668. The minimum Gasteiger partial charge on any atom is -0.456 e. The van der Waals surface area contributed by atoms with Crippen molar-refractivity contribution in [3.05, 3.63) is 241 Å². The van der Waals surface area contributed by atoms with E-state index in [4.69, 9.17) is 8.83 Å². The molecule has 0 radical (unpaired) electrons. The molecule has 4 heterocycles. The Morgan fingerprint density at radius 1 is 0.394 bits per heavy atom. The summed E-state index contributed by atoms with van der Waals surface area (Å²) in [5.41, 5.74) is 20.2. The minimum absolute atomic E-state index is 0.0675. The monoisotopic (exact) mass is 857 g/mol. The van der Waals surface area contributed by atoms with E-state index in [0.29, 0.717) is 0 Å². The molecule has 0 bridgehead atoms. The quantitative estimate of drug-likeness (QED) is 0.165. The number of benzene rings is 10. The number of fused-ring (bicyclic) bond motifs is 13. The third-order valence-electron chi connectivity index (χ3n) is 14.6. The smallest absolute Gasteiger partial charge is 0.249 e. The lowest BCUT2D eigenvalue weighted by Crippen LogP contribution is -2.60. The van der Waals surface area contributed by atoms with Crippen molar-refractivity contribution < 1.29 is 8.83 Å². The number of furan rings is 2. The van der Waals surface area contributed by atoms with Crippen molar-refractivity contribution in [1.29, 1.82) is 0 Å². The lowest BCUT2D eigenvalue weighted by Gasteiger charge is -2.42. The van der Waals surface area contributed by atoms with E-state index in [9.17, 15) is 0 Å². The van der Waals surface area contributed by atoms with Crippen LogP contribution in [0.5, 0.6) is 0 Å². The number of nitrogens with zero attached hydrogens (tertiary/aromatic N) is 1. The number of hydrogen-bond donors (Lipinski definition) is 0. The van der Waals surface area contributed by atoms with Gasteiger partial charge in [-0.3, -0.25) is 0 Å². The molecule has 10 aromatic carbocycles. The molecule has 0 atom stereocenters. The first-order valence-corrected chi connectivity index (χ1v) is 23.5. The van der Waals surface area contributed by atoms with E-state index in [0.717, 1.165) is 55.3 Å². The molecule has 0 saturated carbocycles. The molecular weight excluding hydrogens is 822 g/mol. The lowest BCUT2D eigenvalue weighted by atomic mass is 9.34. The van der Waals surface area contributed by atoms with Crippen molar-refractivity contribution in [2.24, 2.45) is 0 Å². The van der Waals surface area contributed by atoms with E-state index in [1.54, 1.807) is 0 Å². The van der Waals surface area contributed by atoms with Gasteiger partial charge in [-0.2, -0.15) is 0 Å². The van der Waals surface area contributed by atoms with Crippen molar-refractivity contribution in [3.63, 3.8) is 0 Å². The standard InChI is InChI=1S/C61H36BNO2S/c1-3-15-37(16-4-1)38-27-29-41(30-28-38)63-52-35-56-46(44-21-9-13-25-54(44)64-56)33-50(52)62-51-34-47-45-22-10-14-26-55(45)65-57(47)36-58(51)66-59-32-40(31-53(63)60(59)62)61(39-17-5-2-6-18-39)48-23-11-7-19-42(48)43-20-8-12-24-49(43)61/h1-36H. The Morgan fingerprint density at radius 3 is 1.64 bits per heavy atom. The van der Waals surface area contributed by atoms with Gasteiger partial charge in [0.15, 0.2) is 0 Å². The van der Waals surface area contributed by atoms with Crippen LogP contribution < -0.4 is 21.3 Å². The van der Waals surface area contributed by atoms with Gasteiger partial charge in [0, 0.05) is 54.5 Å². The molecule has 0 amide bonds. The van der Waals surface area contributed by atoms with Gasteiger partial charge >= 0.3 is 0 Å². The van der Waals surface area contributed by atoms with E-state index >= 15 is 0 Å². The molecule has 12 aromatic rings. The van der Waals surface area contributed by atoms with Crippen LogP contribution in [-0.2, 0) is 5.41 Å². The summed E-state index contributed by atoms with van der Waals surface area (Å²) in [6.45, 7) is -0.0675. The Labute approximate surface area is 385 Å². The van der Waals surface area contributed by atoms with Crippen LogP contribution in [0.1, 0.15) is 22.3 Å². The highest BCUT2D eigenvalue weighted by molar-refractivity contribution is 8.00. The van der Waals surface area contributed by atoms with Crippen LogP contribution in [0, 0.1) is 0 Å². The van der Waals surface area contributed by atoms with Crippen molar-refractivity contribution in [2.45, 2.75) is 15.2 Å². The number of hydrogen-bond acceptors (Lipinski definition) is 4. The molecule has 0 fully saturated rings. The Hall–Kier alpha value is -7.99. The van der Waals surface area contributed by atoms with E-state index < -0.39 is 5.41 Å². The summed E-state index contributed by atoms with van der Waals surface area (Å²) in [6.07, 6.45) is 0. The third-order valence-corrected chi connectivity index (χ3v) is 15.7. The molecule has 0 N–H and O–H groups in total. The van der Waals surface area contributed by atoms with E-state index in [1.165, 1.54) is 76.4 Å². The van der Waals surface area contributed by atoms with Gasteiger partial charge in [-0.15, -0.1) is 0 Å². The Balaban J connectivity index is 1.08. The number of para-hydroxylation sites is 2. The average Bonchev–Trinajstić information content (AvgIpc) is 4.03. The molecule has 1 aliphatic carbocycles. The predicted octanol–water partition coefficient (Wildman–Crippen LogP) is 14.3. The minimum atomic E-state index is -0.592. The summed E-state index contributed by atoms with van der Waals surface area (Å²) in [6, 6.07) is 80.5. The Kier molecular flexibility index (Phi) is 7.45. The fourth-order valence-electron chi connectivity index (χ4n) is 11.8. The zero-order chi connectivity index (χ0) is 43.1. The summed E-state index contributed by atoms with van der Waals surface area (Å²) in [4.78, 5) is 4.99. The fourth-order valence-corrected chi connectivity index (χ4v) is 13.0. The molecule has 0 spiro atoms. The first-order chi connectivity index (χ1) is 32.7. The van der Waals surface area contributed by atoms with Crippen LogP contribution in [0.25, 0.3) is 66.1 Å². The highest BCUT2D eigenvalue weighted by Crippen LogP contribution is 2.58. The normalized spacial score (nSPS) is 14.1. The number of anilines is 3. The van der Waals surface area contributed by atoms with Crippen molar-refractivity contribution >= 4 is 95.8 Å². The largest absolute Gasteiger partial charge is 0.456 e. The first kappa shape index (κ1) is 36.4. The third kappa shape index (κ3) is 4.90. The molecule has 15 rings (SSSR count). The summed E-state index contributed by atoms with van der Waals surface area (Å²) in [5, 5.41) is 4.53. The highest BCUT2D eigenvalue weighted by atomic mass is 32.2. The van der Waals surface area contributed by atoms with Crippen LogP contribution in [0.4, 0.5) is 17.1 Å². The van der Waals surface area contributed by atoms with E-state index in [1.807, 2.05) is 11.8 Å². The summed E-state index contributed by atoms with van der Waals surface area (Å²) < 4.78 is 13.4. The summed E-state index contributed by atoms with van der Waals surface area (Å²) >= 11 is 1.88. The predicted molar refractivity (Wildman–Crippen MR) is 274 cm³/mol. The van der Waals surface area contributed by atoms with E-state index in [-0.39, 0.29) is 6.71 Å². The molecule has 3 nitrogen and oxygen atoms in total. The van der Waals surface area contributed by atoms with Gasteiger partial charge in [0.25, 0.3) is 0 Å². The molecule has 66 heavy (non-hydrogen) atoms. The van der Waals surface area contributed by atoms with Crippen LogP contribution in [0.2, 0.25) is 0 Å². The molecular formula is C61H36BNO2S. The van der Waals surface area contributed by atoms with Crippen molar-refractivity contribution in [1.82, 2.24) is 0 Å². The summed E-state index contributed by atoms with van der Waals surface area (Å²) in [7, 11) is 0. The Bertz CT molecular complexity index is 3940. The molecule has 0 saturated heterocycles. The van der Waals surface area contributed by atoms with Crippen molar-refractivity contribution in [2.75, 3.05) is 4.90 Å². The van der Waals surface area contributed by atoms with Crippen LogP contribution in [0.15, 0.2) is 237 Å². The molecule has 3 aliphatic rings. The van der Waals surface area contributed by atoms with Gasteiger partial charge in [-0.25, -0.2) is 0 Å². The fraction of sp³-hybridized carbons (Fsp3) is 0.0164. The second-order valence-electron chi connectivity index (χ2n) is 17.9. The molecule has 2 aromatic heterocycles. The maximum Gasteiger partial charge on any atom is 0.249 e. The van der Waals surface area contributed by atoms with Crippen LogP contribution >= 0.6 is 11.8 Å². The van der Waals surface area contributed by atoms with Gasteiger partial charge in [0.05, 0.1) is 5.41 Å².